The van der Waals surface area contributed by atoms with Crippen molar-refractivity contribution in [3.63, 3.8) is 0 Å². The van der Waals surface area contributed by atoms with Crippen molar-refractivity contribution in [1.82, 2.24) is 9.55 Å². The number of nitro groups is 1. The molecular formula is C22H20N4O4S2. The molecule has 1 aliphatic heterocycles. The minimum atomic E-state index is -0.512. The summed E-state index contributed by atoms with van der Waals surface area (Å²) in [5.41, 5.74) is 2.10. The Balaban J connectivity index is 1.49. The largest absolute Gasteiger partial charge is 0.325 e. The van der Waals surface area contributed by atoms with E-state index in [0.29, 0.717) is 28.7 Å². The SMILES string of the molecule is O=C(CSc1nc2c(c(=O)n1CCc1ccccc1)SCC2)Nc1cccc([N+](=O)[O-])c1. The van der Waals surface area contributed by atoms with Crippen LogP contribution in [0, 0.1) is 10.1 Å². The van der Waals surface area contributed by atoms with E-state index in [9.17, 15) is 19.7 Å². The summed E-state index contributed by atoms with van der Waals surface area (Å²) < 4.78 is 1.65. The van der Waals surface area contributed by atoms with Crippen LogP contribution in [-0.4, -0.2) is 31.9 Å². The third-order valence-electron chi connectivity index (χ3n) is 4.89. The Kier molecular flexibility index (Phi) is 6.91. The molecule has 0 saturated carbocycles. The van der Waals surface area contributed by atoms with Crippen LogP contribution in [0.5, 0.6) is 0 Å². The Hall–Kier alpha value is -3.11. The number of nitrogens with zero attached hydrogens (tertiary/aromatic N) is 3. The number of hydrogen-bond acceptors (Lipinski definition) is 7. The third kappa shape index (κ3) is 5.20. The second-order valence-electron chi connectivity index (χ2n) is 7.11. The van der Waals surface area contributed by atoms with E-state index in [2.05, 4.69) is 10.3 Å². The van der Waals surface area contributed by atoms with Crippen molar-refractivity contribution in [2.24, 2.45) is 0 Å². The average molecular weight is 469 g/mol. The van der Waals surface area contributed by atoms with Crippen LogP contribution in [0.2, 0.25) is 0 Å². The lowest BCUT2D eigenvalue weighted by atomic mass is 10.1. The van der Waals surface area contributed by atoms with Crippen molar-refractivity contribution in [2.45, 2.75) is 29.4 Å². The number of non-ortho nitro benzene ring substituents is 1. The first-order valence-corrected chi connectivity index (χ1v) is 12.0. The maximum atomic E-state index is 13.1. The summed E-state index contributed by atoms with van der Waals surface area (Å²) in [6, 6.07) is 15.7. The number of aryl methyl sites for hydroxylation is 2. The summed E-state index contributed by atoms with van der Waals surface area (Å²) in [6.07, 6.45) is 1.42. The van der Waals surface area contributed by atoms with Crippen LogP contribution < -0.4 is 10.9 Å². The van der Waals surface area contributed by atoms with Crippen LogP contribution in [0.1, 0.15) is 11.3 Å². The highest BCUT2D eigenvalue weighted by Gasteiger charge is 2.22. The fourth-order valence-corrected chi connectivity index (χ4v) is 5.23. The van der Waals surface area contributed by atoms with E-state index < -0.39 is 4.92 Å². The smallest absolute Gasteiger partial charge is 0.271 e. The Morgan fingerprint density at radius 1 is 1.22 bits per heavy atom. The molecule has 32 heavy (non-hydrogen) atoms. The molecular weight excluding hydrogens is 448 g/mol. The van der Waals surface area contributed by atoms with E-state index >= 15 is 0 Å². The topological polar surface area (TPSA) is 107 Å². The predicted octanol–water partition coefficient (Wildman–Crippen LogP) is 3.77. The number of thioether (sulfide) groups is 2. The second kappa shape index (κ2) is 10.0. The number of amides is 1. The molecule has 4 rings (SSSR count). The molecule has 0 spiro atoms. The minimum absolute atomic E-state index is 0.0341. The number of fused-ring (bicyclic) bond motifs is 1. The van der Waals surface area contributed by atoms with Gasteiger partial charge in [0.1, 0.15) is 0 Å². The van der Waals surface area contributed by atoms with E-state index in [1.54, 1.807) is 10.6 Å². The number of carbonyl (C=O) groups excluding carboxylic acids is 1. The summed E-state index contributed by atoms with van der Waals surface area (Å²) in [5.74, 6) is 0.540. The molecule has 10 heteroatoms. The van der Waals surface area contributed by atoms with E-state index in [0.717, 1.165) is 23.4 Å². The summed E-state index contributed by atoms with van der Waals surface area (Å²) in [6.45, 7) is 0.471. The molecule has 0 unspecified atom stereocenters. The maximum absolute atomic E-state index is 13.1. The Bertz CT molecular complexity index is 1210. The molecule has 2 aromatic carbocycles. The van der Waals surface area contributed by atoms with Gasteiger partial charge >= 0.3 is 0 Å². The van der Waals surface area contributed by atoms with Gasteiger partial charge in [0, 0.05) is 36.5 Å². The maximum Gasteiger partial charge on any atom is 0.271 e. The molecule has 1 amide bonds. The molecule has 1 N–H and O–H groups in total. The van der Waals surface area contributed by atoms with Gasteiger partial charge in [-0.3, -0.25) is 24.3 Å². The fraction of sp³-hybridized carbons (Fsp3) is 0.227. The standard InChI is InChI=1S/C22H20N4O4S2/c27-19(23-16-7-4-8-17(13-16)26(29)30)14-32-22-24-18-10-12-31-20(18)21(28)25(22)11-9-15-5-2-1-3-6-15/h1-8,13H,9-12,14H2,(H,23,27). The van der Waals surface area contributed by atoms with Crippen LogP contribution in [-0.2, 0) is 24.2 Å². The molecule has 0 aliphatic carbocycles. The Labute approximate surface area is 192 Å². The molecule has 2 heterocycles. The van der Waals surface area contributed by atoms with Gasteiger partial charge in [-0.15, -0.1) is 11.8 Å². The summed E-state index contributed by atoms with van der Waals surface area (Å²) >= 11 is 2.73. The lowest BCUT2D eigenvalue weighted by Crippen LogP contribution is -2.27. The Morgan fingerprint density at radius 3 is 2.81 bits per heavy atom. The van der Waals surface area contributed by atoms with Gasteiger partial charge in [0.05, 0.1) is 21.3 Å². The van der Waals surface area contributed by atoms with Crippen molar-refractivity contribution >= 4 is 40.8 Å². The van der Waals surface area contributed by atoms with Gasteiger partial charge in [-0.1, -0.05) is 48.2 Å². The quantitative estimate of drug-likeness (QED) is 0.232. The molecule has 1 aliphatic rings. The highest BCUT2D eigenvalue weighted by molar-refractivity contribution is 8.00. The van der Waals surface area contributed by atoms with Gasteiger partial charge < -0.3 is 5.32 Å². The van der Waals surface area contributed by atoms with Gasteiger partial charge in [0.25, 0.3) is 11.2 Å². The Morgan fingerprint density at radius 2 is 2.03 bits per heavy atom. The van der Waals surface area contributed by atoms with Crippen molar-refractivity contribution < 1.29 is 9.72 Å². The van der Waals surface area contributed by atoms with Crippen LogP contribution in [0.15, 0.2) is 69.4 Å². The zero-order valence-corrected chi connectivity index (χ0v) is 18.7. The van der Waals surface area contributed by atoms with Crippen molar-refractivity contribution in [3.8, 4) is 0 Å². The van der Waals surface area contributed by atoms with E-state index in [1.165, 1.54) is 41.7 Å². The molecule has 0 atom stereocenters. The fourth-order valence-electron chi connectivity index (χ4n) is 3.34. The molecule has 8 nitrogen and oxygen atoms in total. The molecule has 0 saturated heterocycles. The first-order valence-electron chi connectivity index (χ1n) is 9.99. The lowest BCUT2D eigenvalue weighted by molar-refractivity contribution is -0.384. The van der Waals surface area contributed by atoms with Crippen LogP contribution in [0.3, 0.4) is 0 Å². The van der Waals surface area contributed by atoms with Gasteiger partial charge in [-0.25, -0.2) is 4.98 Å². The molecule has 164 valence electrons. The summed E-state index contributed by atoms with van der Waals surface area (Å²) in [7, 11) is 0. The monoisotopic (exact) mass is 468 g/mol. The summed E-state index contributed by atoms with van der Waals surface area (Å²) in [4.78, 5) is 41.3. The molecule has 0 fully saturated rings. The van der Waals surface area contributed by atoms with E-state index in [-0.39, 0.29) is 22.9 Å². The minimum Gasteiger partial charge on any atom is -0.325 e. The second-order valence-corrected chi connectivity index (χ2v) is 9.15. The predicted molar refractivity (Wildman–Crippen MR) is 126 cm³/mol. The number of carbonyl (C=O) groups is 1. The molecule has 3 aromatic rings. The number of benzene rings is 2. The molecule has 0 radical (unpaired) electrons. The average Bonchev–Trinajstić information content (AvgIpc) is 3.27. The van der Waals surface area contributed by atoms with E-state index in [1.807, 2.05) is 30.3 Å². The van der Waals surface area contributed by atoms with Crippen LogP contribution >= 0.6 is 23.5 Å². The number of rotatable bonds is 8. The van der Waals surface area contributed by atoms with Crippen molar-refractivity contribution in [1.29, 1.82) is 0 Å². The highest BCUT2D eigenvalue weighted by atomic mass is 32.2. The zero-order chi connectivity index (χ0) is 22.5. The van der Waals surface area contributed by atoms with Gasteiger partial charge in [-0.2, -0.15) is 0 Å². The lowest BCUT2D eigenvalue weighted by Gasteiger charge is -2.14. The van der Waals surface area contributed by atoms with Gasteiger partial charge in [0.15, 0.2) is 5.16 Å². The van der Waals surface area contributed by atoms with Crippen LogP contribution in [0.4, 0.5) is 11.4 Å². The first-order chi connectivity index (χ1) is 15.5. The number of nitro benzene ring substituents is 1. The van der Waals surface area contributed by atoms with Crippen molar-refractivity contribution in [3.05, 3.63) is 86.3 Å². The van der Waals surface area contributed by atoms with Gasteiger partial charge in [0.2, 0.25) is 5.91 Å². The normalized spacial score (nSPS) is 12.4. The number of hydrogen-bond donors (Lipinski definition) is 1. The highest BCUT2D eigenvalue weighted by Crippen LogP contribution is 2.29. The van der Waals surface area contributed by atoms with E-state index in [4.69, 9.17) is 0 Å². The third-order valence-corrected chi connectivity index (χ3v) is 6.97. The van der Waals surface area contributed by atoms with Gasteiger partial charge in [-0.05, 0) is 18.1 Å². The molecule has 0 bridgehead atoms. The molecule has 1 aromatic heterocycles. The number of aromatic nitrogens is 2. The number of anilines is 1. The zero-order valence-electron chi connectivity index (χ0n) is 17.0. The first kappa shape index (κ1) is 22.1. The van der Waals surface area contributed by atoms with Crippen LogP contribution in [0.25, 0.3) is 0 Å². The summed E-state index contributed by atoms with van der Waals surface area (Å²) in [5, 5.41) is 14.1. The van der Waals surface area contributed by atoms with Crippen molar-refractivity contribution in [2.75, 3.05) is 16.8 Å². The number of nitrogens with one attached hydrogen (secondary N) is 1.